The number of nitrogens with zero attached hydrogens (tertiary/aromatic N) is 1. The van der Waals surface area contributed by atoms with E-state index >= 15 is 0 Å². The third-order valence-corrected chi connectivity index (χ3v) is 2.55. The molecule has 2 nitrogen and oxygen atoms in total. The van der Waals surface area contributed by atoms with Gasteiger partial charge in [-0.25, -0.2) is 0 Å². The normalized spacial score (nSPS) is 22.4. The summed E-state index contributed by atoms with van der Waals surface area (Å²) in [6.45, 7) is 7.33. The first kappa shape index (κ1) is 9.01. The Kier molecular flexibility index (Phi) is 3.87. The third-order valence-electron chi connectivity index (χ3n) is 2.55. The second-order valence-electron chi connectivity index (χ2n) is 3.63. The van der Waals surface area contributed by atoms with Crippen molar-refractivity contribution in [1.29, 1.82) is 0 Å². The first-order valence-electron chi connectivity index (χ1n) is 4.70. The fourth-order valence-corrected chi connectivity index (χ4v) is 1.56. The van der Waals surface area contributed by atoms with Crippen LogP contribution in [0.3, 0.4) is 0 Å². The predicted octanol–water partition coefficient (Wildman–Crippen LogP) is 0.938. The van der Waals surface area contributed by atoms with Gasteiger partial charge in [0, 0.05) is 13.1 Å². The minimum atomic E-state index is 0.959. The molecule has 0 bridgehead atoms. The van der Waals surface area contributed by atoms with E-state index in [4.69, 9.17) is 0 Å². The van der Waals surface area contributed by atoms with Crippen molar-refractivity contribution in [2.45, 2.75) is 19.8 Å². The topological polar surface area (TPSA) is 15.3 Å². The number of hydrogen-bond donors (Lipinski definition) is 1. The molecule has 2 heteroatoms. The van der Waals surface area contributed by atoms with Gasteiger partial charge in [-0.15, -0.1) is 0 Å². The summed E-state index contributed by atoms with van der Waals surface area (Å²) >= 11 is 0. The van der Waals surface area contributed by atoms with Gasteiger partial charge in [0.2, 0.25) is 0 Å². The van der Waals surface area contributed by atoms with E-state index < -0.39 is 0 Å². The molecule has 1 aliphatic rings. The van der Waals surface area contributed by atoms with Gasteiger partial charge in [-0.2, -0.15) is 0 Å². The molecular formula is C9H20N2. The lowest BCUT2D eigenvalue weighted by Gasteiger charge is -2.29. The number of rotatable bonds is 3. The summed E-state index contributed by atoms with van der Waals surface area (Å²) < 4.78 is 0. The van der Waals surface area contributed by atoms with Gasteiger partial charge in [-0.1, -0.05) is 6.92 Å². The Balaban J connectivity index is 2.07. The van der Waals surface area contributed by atoms with Crippen LogP contribution in [-0.4, -0.2) is 38.1 Å². The van der Waals surface area contributed by atoms with Crippen molar-refractivity contribution in [3.63, 3.8) is 0 Å². The Hall–Kier alpha value is -0.0800. The van der Waals surface area contributed by atoms with Crippen molar-refractivity contribution in [1.82, 2.24) is 10.2 Å². The molecule has 0 radical (unpaired) electrons. The van der Waals surface area contributed by atoms with Crippen LogP contribution in [0, 0.1) is 5.92 Å². The molecule has 66 valence electrons. The second kappa shape index (κ2) is 4.73. The van der Waals surface area contributed by atoms with Crippen molar-refractivity contribution < 1.29 is 0 Å². The molecule has 0 aliphatic carbocycles. The average molecular weight is 156 g/mol. The lowest BCUT2D eigenvalue weighted by molar-refractivity contribution is 0.194. The molecule has 1 N–H and O–H groups in total. The van der Waals surface area contributed by atoms with Crippen molar-refractivity contribution in [3.05, 3.63) is 0 Å². The number of piperidine rings is 1. The van der Waals surface area contributed by atoms with Gasteiger partial charge in [-0.05, 0) is 38.9 Å². The zero-order chi connectivity index (χ0) is 8.10. The average Bonchev–Trinajstić information content (AvgIpc) is 2.04. The van der Waals surface area contributed by atoms with E-state index in [1.807, 2.05) is 7.05 Å². The molecule has 0 atom stereocenters. The fraction of sp³-hybridized carbons (Fsp3) is 1.00. The summed E-state index contributed by atoms with van der Waals surface area (Å²) in [6.07, 6.45) is 2.79. The highest BCUT2D eigenvalue weighted by molar-refractivity contribution is 4.69. The monoisotopic (exact) mass is 156 g/mol. The maximum absolute atomic E-state index is 3.18. The van der Waals surface area contributed by atoms with E-state index in [2.05, 4.69) is 17.1 Å². The van der Waals surface area contributed by atoms with Gasteiger partial charge >= 0.3 is 0 Å². The van der Waals surface area contributed by atoms with E-state index in [9.17, 15) is 0 Å². The molecule has 0 aromatic carbocycles. The summed E-state index contributed by atoms with van der Waals surface area (Å²) in [4.78, 5) is 2.55. The van der Waals surface area contributed by atoms with Gasteiger partial charge in [0.15, 0.2) is 0 Å². The van der Waals surface area contributed by atoms with Gasteiger partial charge in [0.05, 0.1) is 0 Å². The summed E-state index contributed by atoms with van der Waals surface area (Å²) in [5.74, 6) is 0.959. The van der Waals surface area contributed by atoms with Crippen molar-refractivity contribution in [2.24, 2.45) is 5.92 Å². The molecule has 1 heterocycles. The van der Waals surface area contributed by atoms with Gasteiger partial charge in [0.1, 0.15) is 0 Å². The first-order chi connectivity index (χ1) is 5.33. The Morgan fingerprint density at radius 1 is 1.36 bits per heavy atom. The molecule has 1 fully saturated rings. The number of likely N-dealkylation sites (N-methyl/N-ethyl adjacent to an activating group) is 1. The molecule has 1 aliphatic heterocycles. The molecule has 11 heavy (non-hydrogen) atoms. The van der Waals surface area contributed by atoms with Gasteiger partial charge in [0.25, 0.3) is 0 Å². The van der Waals surface area contributed by atoms with Crippen LogP contribution in [0.5, 0.6) is 0 Å². The standard InChI is InChI=1S/C9H20N2/c1-9-3-6-11(7-4-9)8-5-10-2/h9-10H,3-8H2,1-2H3. The lowest BCUT2D eigenvalue weighted by atomic mass is 9.99. The molecular weight excluding hydrogens is 136 g/mol. The zero-order valence-corrected chi connectivity index (χ0v) is 7.77. The van der Waals surface area contributed by atoms with Crippen LogP contribution >= 0.6 is 0 Å². The molecule has 0 spiro atoms. The van der Waals surface area contributed by atoms with Crippen molar-refractivity contribution in [2.75, 3.05) is 33.2 Å². The minimum absolute atomic E-state index is 0.959. The number of nitrogens with one attached hydrogen (secondary N) is 1. The Labute approximate surface area is 70.0 Å². The largest absolute Gasteiger partial charge is 0.318 e. The summed E-state index contributed by atoms with van der Waals surface area (Å²) in [6, 6.07) is 0. The van der Waals surface area contributed by atoms with E-state index in [-0.39, 0.29) is 0 Å². The molecule has 0 saturated carbocycles. The highest BCUT2D eigenvalue weighted by Gasteiger charge is 2.14. The smallest absolute Gasteiger partial charge is 0.0107 e. The Morgan fingerprint density at radius 2 is 2.00 bits per heavy atom. The van der Waals surface area contributed by atoms with Crippen LogP contribution in [0.1, 0.15) is 19.8 Å². The zero-order valence-electron chi connectivity index (χ0n) is 7.77. The van der Waals surface area contributed by atoms with Crippen LogP contribution in [-0.2, 0) is 0 Å². The van der Waals surface area contributed by atoms with Crippen LogP contribution in [0.4, 0.5) is 0 Å². The van der Waals surface area contributed by atoms with E-state index in [1.54, 1.807) is 0 Å². The lowest BCUT2D eigenvalue weighted by Crippen LogP contribution is -2.37. The second-order valence-corrected chi connectivity index (χ2v) is 3.63. The van der Waals surface area contributed by atoms with Crippen LogP contribution in [0.25, 0.3) is 0 Å². The van der Waals surface area contributed by atoms with Gasteiger partial charge < -0.3 is 10.2 Å². The Bertz CT molecular complexity index is 93.0. The molecule has 1 saturated heterocycles. The quantitative estimate of drug-likeness (QED) is 0.654. The molecule has 1 rings (SSSR count). The van der Waals surface area contributed by atoms with Crippen molar-refractivity contribution in [3.8, 4) is 0 Å². The number of likely N-dealkylation sites (tertiary alicyclic amines) is 1. The maximum atomic E-state index is 3.18. The SMILES string of the molecule is CNCCN1CCC(C)CC1. The van der Waals surface area contributed by atoms with Crippen molar-refractivity contribution >= 4 is 0 Å². The third kappa shape index (κ3) is 3.21. The Morgan fingerprint density at radius 3 is 2.55 bits per heavy atom. The maximum Gasteiger partial charge on any atom is 0.0107 e. The van der Waals surface area contributed by atoms with Gasteiger partial charge in [-0.3, -0.25) is 0 Å². The van der Waals surface area contributed by atoms with Crippen LogP contribution in [0.2, 0.25) is 0 Å². The summed E-state index contributed by atoms with van der Waals surface area (Å²) in [5.41, 5.74) is 0. The molecule has 0 amide bonds. The highest BCUT2D eigenvalue weighted by Crippen LogP contribution is 2.14. The van der Waals surface area contributed by atoms with E-state index in [0.717, 1.165) is 12.5 Å². The fourth-order valence-electron chi connectivity index (χ4n) is 1.56. The molecule has 0 aromatic heterocycles. The summed E-state index contributed by atoms with van der Waals surface area (Å²) in [5, 5.41) is 3.18. The first-order valence-corrected chi connectivity index (χ1v) is 4.70. The molecule has 0 aromatic rings. The molecule has 0 unspecified atom stereocenters. The van der Waals surface area contributed by atoms with E-state index in [1.165, 1.54) is 32.5 Å². The van der Waals surface area contributed by atoms with E-state index in [0.29, 0.717) is 0 Å². The van der Waals surface area contributed by atoms with Crippen LogP contribution in [0.15, 0.2) is 0 Å². The highest BCUT2D eigenvalue weighted by atomic mass is 15.1. The predicted molar refractivity (Wildman–Crippen MR) is 48.8 cm³/mol. The van der Waals surface area contributed by atoms with Crippen LogP contribution < -0.4 is 5.32 Å². The minimum Gasteiger partial charge on any atom is -0.318 e. The summed E-state index contributed by atoms with van der Waals surface area (Å²) in [7, 11) is 2.02. The number of hydrogen-bond acceptors (Lipinski definition) is 2.